The Hall–Kier alpha value is -2.95. The number of anilines is 1. The SMILES string of the molecule is CCc1nc(-c2ccc(C(=O)N(C)c3ccc(C)cc3)cc2)no1. The fourth-order valence-electron chi connectivity index (χ4n) is 2.36. The number of benzene rings is 2. The molecule has 0 saturated carbocycles. The summed E-state index contributed by atoms with van der Waals surface area (Å²) in [4.78, 5) is 18.5. The van der Waals surface area contributed by atoms with Crippen LogP contribution in [0.2, 0.25) is 0 Å². The van der Waals surface area contributed by atoms with Gasteiger partial charge in [-0.05, 0) is 31.2 Å². The second-order valence-electron chi connectivity index (χ2n) is 5.64. The summed E-state index contributed by atoms with van der Waals surface area (Å²) in [5, 5.41) is 3.94. The van der Waals surface area contributed by atoms with E-state index in [1.54, 1.807) is 24.1 Å². The van der Waals surface area contributed by atoms with E-state index in [2.05, 4.69) is 10.1 Å². The van der Waals surface area contributed by atoms with Crippen LogP contribution in [0.5, 0.6) is 0 Å². The van der Waals surface area contributed by atoms with Crippen molar-refractivity contribution < 1.29 is 9.32 Å². The van der Waals surface area contributed by atoms with E-state index >= 15 is 0 Å². The summed E-state index contributed by atoms with van der Waals surface area (Å²) in [6, 6.07) is 15.1. The summed E-state index contributed by atoms with van der Waals surface area (Å²) in [5.41, 5.74) is 3.46. The lowest BCUT2D eigenvalue weighted by Crippen LogP contribution is -2.26. The van der Waals surface area contributed by atoms with Gasteiger partial charge in [-0.25, -0.2) is 0 Å². The highest BCUT2D eigenvalue weighted by Gasteiger charge is 2.14. The monoisotopic (exact) mass is 321 g/mol. The molecule has 0 N–H and O–H groups in total. The summed E-state index contributed by atoms with van der Waals surface area (Å²) >= 11 is 0. The Bertz CT molecular complexity index is 836. The lowest BCUT2D eigenvalue weighted by atomic mass is 10.1. The highest BCUT2D eigenvalue weighted by Crippen LogP contribution is 2.20. The standard InChI is InChI=1S/C19H19N3O2/c1-4-17-20-18(21-24-17)14-7-9-15(10-8-14)19(23)22(3)16-11-5-13(2)6-12-16/h5-12H,4H2,1-3H3. The maximum Gasteiger partial charge on any atom is 0.258 e. The van der Waals surface area contributed by atoms with Crippen LogP contribution >= 0.6 is 0 Å². The average molecular weight is 321 g/mol. The Morgan fingerprint density at radius 2 is 1.75 bits per heavy atom. The van der Waals surface area contributed by atoms with Gasteiger partial charge in [0.05, 0.1) is 0 Å². The van der Waals surface area contributed by atoms with Crippen molar-refractivity contribution in [3.63, 3.8) is 0 Å². The van der Waals surface area contributed by atoms with Crippen LogP contribution in [0, 0.1) is 6.92 Å². The summed E-state index contributed by atoms with van der Waals surface area (Å²) in [6.07, 6.45) is 0.699. The fourth-order valence-corrected chi connectivity index (χ4v) is 2.36. The number of aryl methyl sites for hydroxylation is 2. The predicted octanol–water partition coefficient (Wildman–Crippen LogP) is 3.88. The third kappa shape index (κ3) is 3.20. The van der Waals surface area contributed by atoms with Crippen molar-refractivity contribution in [2.24, 2.45) is 0 Å². The van der Waals surface area contributed by atoms with E-state index in [0.717, 1.165) is 16.8 Å². The molecule has 3 rings (SSSR count). The molecule has 5 nitrogen and oxygen atoms in total. The molecular weight excluding hydrogens is 302 g/mol. The third-order valence-electron chi connectivity index (χ3n) is 3.89. The Morgan fingerprint density at radius 1 is 1.08 bits per heavy atom. The van der Waals surface area contributed by atoms with Crippen LogP contribution in [-0.2, 0) is 6.42 Å². The van der Waals surface area contributed by atoms with Gasteiger partial charge < -0.3 is 9.42 Å². The second-order valence-corrected chi connectivity index (χ2v) is 5.64. The van der Waals surface area contributed by atoms with E-state index in [-0.39, 0.29) is 5.91 Å². The largest absolute Gasteiger partial charge is 0.339 e. The van der Waals surface area contributed by atoms with E-state index < -0.39 is 0 Å². The highest BCUT2D eigenvalue weighted by molar-refractivity contribution is 6.05. The number of nitrogens with zero attached hydrogens (tertiary/aromatic N) is 3. The molecule has 0 radical (unpaired) electrons. The molecule has 3 aromatic rings. The van der Waals surface area contributed by atoms with Crippen LogP contribution in [0.15, 0.2) is 53.1 Å². The normalized spacial score (nSPS) is 10.6. The maximum absolute atomic E-state index is 12.6. The Kier molecular flexibility index (Phi) is 4.42. The molecule has 1 aromatic heterocycles. The molecule has 1 heterocycles. The van der Waals surface area contributed by atoms with E-state index in [1.165, 1.54) is 0 Å². The predicted molar refractivity (Wildman–Crippen MR) is 93.0 cm³/mol. The van der Waals surface area contributed by atoms with E-state index in [9.17, 15) is 4.79 Å². The Balaban J connectivity index is 1.79. The number of aromatic nitrogens is 2. The number of carbonyl (C=O) groups excluding carboxylic acids is 1. The molecule has 0 saturated heterocycles. The van der Waals surface area contributed by atoms with Gasteiger partial charge in [0.15, 0.2) is 0 Å². The first-order valence-corrected chi connectivity index (χ1v) is 7.86. The average Bonchev–Trinajstić information content (AvgIpc) is 3.10. The Morgan fingerprint density at radius 3 is 2.33 bits per heavy atom. The third-order valence-corrected chi connectivity index (χ3v) is 3.89. The van der Waals surface area contributed by atoms with E-state index in [1.807, 2.05) is 50.2 Å². The first-order valence-electron chi connectivity index (χ1n) is 7.86. The molecule has 1 amide bonds. The molecule has 0 aliphatic rings. The van der Waals surface area contributed by atoms with Gasteiger partial charge in [0, 0.05) is 30.3 Å². The van der Waals surface area contributed by atoms with Gasteiger partial charge in [0.2, 0.25) is 11.7 Å². The smallest absolute Gasteiger partial charge is 0.258 e. The van der Waals surface area contributed by atoms with Gasteiger partial charge in [0.25, 0.3) is 5.91 Å². The summed E-state index contributed by atoms with van der Waals surface area (Å²) in [5.74, 6) is 1.08. The van der Waals surface area contributed by atoms with Crippen molar-refractivity contribution in [3.8, 4) is 11.4 Å². The van der Waals surface area contributed by atoms with Gasteiger partial charge in [0.1, 0.15) is 0 Å². The van der Waals surface area contributed by atoms with Crippen molar-refractivity contribution >= 4 is 11.6 Å². The number of carbonyl (C=O) groups is 1. The zero-order valence-corrected chi connectivity index (χ0v) is 14.0. The summed E-state index contributed by atoms with van der Waals surface area (Å²) in [7, 11) is 1.77. The molecule has 0 unspecified atom stereocenters. The van der Waals surface area contributed by atoms with Crippen LogP contribution in [-0.4, -0.2) is 23.1 Å². The second kappa shape index (κ2) is 6.66. The molecular formula is C19H19N3O2. The molecule has 0 aliphatic carbocycles. The van der Waals surface area contributed by atoms with Crippen molar-refractivity contribution in [2.45, 2.75) is 20.3 Å². The number of hydrogen-bond acceptors (Lipinski definition) is 4. The van der Waals surface area contributed by atoms with Crippen LogP contribution < -0.4 is 4.90 Å². The molecule has 0 atom stereocenters. The molecule has 0 bridgehead atoms. The molecule has 0 spiro atoms. The van der Waals surface area contributed by atoms with E-state index in [4.69, 9.17) is 4.52 Å². The number of rotatable bonds is 4. The molecule has 0 fully saturated rings. The quantitative estimate of drug-likeness (QED) is 0.731. The van der Waals surface area contributed by atoms with Gasteiger partial charge in [-0.2, -0.15) is 4.98 Å². The van der Waals surface area contributed by atoms with Crippen LogP contribution in [0.1, 0.15) is 28.7 Å². The number of hydrogen-bond donors (Lipinski definition) is 0. The minimum Gasteiger partial charge on any atom is -0.339 e. The minimum absolute atomic E-state index is 0.0623. The molecule has 24 heavy (non-hydrogen) atoms. The molecule has 2 aromatic carbocycles. The molecule has 5 heteroatoms. The number of amides is 1. The first kappa shape index (κ1) is 15.9. The Labute approximate surface area is 140 Å². The van der Waals surface area contributed by atoms with Gasteiger partial charge in [-0.3, -0.25) is 4.79 Å². The van der Waals surface area contributed by atoms with Crippen LogP contribution in [0.25, 0.3) is 11.4 Å². The van der Waals surface area contributed by atoms with Crippen LogP contribution in [0.4, 0.5) is 5.69 Å². The minimum atomic E-state index is -0.0623. The lowest BCUT2D eigenvalue weighted by molar-refractivity contribution is 0.0993. The summed E-state index contributed by atoms with van der Waals surface area (Å²) in [6.45, 7) is 3.98. The highest BCUT2D eigenvalue weighted by atomic mass is 16.5. The maximum atomic E-state index is 12.6. The van der Waals surface area contributed by atoms with Crippen molar-refractivity contribution in [2.75, 3.05) is 11.9 Å². The van der Waals surface area contributed by atoms with Gasteiger partial charge in [-0.15, -0.1) is 0 Å². The molecule has 122 valence electrons. The first-order chi connectivity index (χ1) is 11.6. The van der Waals surface area contributed by atoms with Gasteiger partial charge in [-0.1, -0.05) is 41.9 Å². The van der Waals surface area contributed by atoms with Crippen LogP contribution in [0.3, 0.4) is 0 Å². The zero-order chi connectivity index (χ0) is 17.1. The fraction of sp³-hybridized carbons (Fsp3) is 0.211. The van der Waals surface area contributed by atoms with E-state index in [0.29, 0.717) is 23.7 Å². The zero-order valence-electron chi connectivity index (χ0n) is 14.0. The van der Waals surface area contributed by atoms with Crippen molar-refractivity contribution in [1.82, 2.24) is 10.1 Å². The van der Waals surface area contributed by atoms with Crippen molar-refractivity contribution in [1.29, 1.82) is 0 Å². The lowest BCUT2D eigenvalue weighted by Gasteiger charge is -2.17. The molecule has 0 aliphatic heterocycles. The topological polar surface area (TPSA) is 59.2 Å². The van der Waals surface area contributed by atoms with Gasteiger partial charge >= 0.3 is 0 Å². The summed E-state index contributed by atoms with van der Waals surface area (Å²) < 4.78 is 5.12. The van der Waals surface area contributed by atoms with Crippen molar-refractivity contribution in [3.05, 3.63) is 65.5 Å².